The van der Waals surface area contributed by atoms with Crippen LogP contribution >= 0.6 is 0 Å². The van der Waals surface area contributed by atoms with Gasteiger partial charge in [-0.2, -0.15) is 17.5 Å². The highest BCUT2D eigenvalue weighted by Gasteiger charge is 2.33. The molecule has 33 heavy (non-hydrogen) atoms. The van der Waals surface area contributed by atoms with Crippen LogP contribution in [0.2, 0.25) is 0 Å². The Balaban J connectivity index is 1.65. The molecule has 3 rings (SSSR count). The fourth-order valence-electron chi connectivity index (χ4n) is 3.62. The lowest BCUT2D eigenvalue weighted by molar-refractivity contribution is -0.138. The van der Waals surface area contributed by atoms with Crippen LogP contribution in [0.15, 0.2) is 53.4 Å². The van der Waals surface area contributed by atoms with Crippen LogP contribution in [0.3, 0.4) is 0 Å². The number of carbonyl (C=O) groups is 2. The van der Waals surface area contributed by atoms with Gasteiger partial charge in [0.15, 0.2) is 0 Å². The summed E-state index contributed by atoms with van der Waals surface area (Å²) in [6, 6.07) is 10.6. The van der Waals surface area contributed by atoms with E-state index in [1.54, 1.807) is 4.90 Å². The van der Waals surface area contributed by atoms with Gasteiger partial charge in [0.1, 0.15) is 0 Å². The average Bonchev–Trinajstić information content (AvgIpc) is 2.78. The highest BCUT2D eigenvalue weighted by atomic mass is 32.2. The van der Waals surface area contributed by atoms with Crippen LogP contribution in [0.1, 0.15) is 28.4 Å². The zero-order valence-electron chi connectivity index (χ0n) is 17.9. The summed E-state index contributed by atoms with van der Waals surface area (Å²) in [4.78, 5) is 25.5. The van der Waals surface area contributed by atoms with Crippen LogP contribution in [0.25, 0.3) is 0 Å². The molecule has 0 aliphatic carbocycles. The first-order chi connectivity index (χ1) is 15.5. The molecule has 0 saturated carbocycles. The third-order valence-electron chi connectivity index (χ3n) is 5.42. The maximum Gasteiger partial charge on any atom is 0.416 e. The van der Waals surface area contributed by atoms with E-state index < -0.39 is 27.7 Å². The van der Waals surface area contributed by atoms with Crippen LogP contribution in [-0.4, -0.2) is 62.2 Å². The number of hydrogen-bond donors (Lipinski definition) is 1. The van der Waals surface area contributed by atoms with Crippen molar-refractivity contribution in [2.24, 2.45) is 0 Å². The Morgan fingerprint density at radius 3 is 2.30 bits per heavy atom. The monoisotopic (exact) mass is 483 g/mol. The average molecular weight is 484 g/mol. The Morgan fingerprint density at radius 2 is 1.67 bits per heavy atom. The molecule has 1 fully saturated rings. The second-order valence-electron chi connectivity index (χ2n) is 7.60. The summed E-state index contributed by atoms with van der Waals surface area (Å²) in [6.45, 7) is 2.25. The van der Waals surface area contributed by atoms with Gasteiger partial charge in [-0.15, -0.1) is 0 Å². The molecule has 0 atom stereocenters. The second kappa shape index (κ2) is 9.92. The van der Waals surface area contributed by atoms with E-state index >= 15 is 0 Å². The molecule has 0 radical (unpaired) electrons. The molecule has 0 aromatic heterocycles. The van der Waals surface area contributed by atoms with Gasteiger partial charge in [-0.25, -0.2) is 8.42 Å². The van der Waals surface area contributed by atoms with E-state index in [0.29, 0.717) is 0 Å². The SMILES string of the molecule is CC(=O)N1CCN(S(=O)(=O)c2cccc(C(=O)NCCc3ccccc3C(F)(F)F)c2)CC1. The van der Waals surface area contributed by atoms with Crippen molar-refractivity contribution in [1.82, 2.24) is 14.5 Å². The van der Waals surface area contributed by atoms with E-state index in [4.69, 9.17) is 0 Å². The first-order valence-corrected chi connectivity index (χ1v) is 11.7. The summed E-state index contributed by atoms with van der Waals surface area (Å²) < 4.78 is 66.5. The summed E-state index contributed by atoms with van der Waals surface area (Å²) >= 11 is 0. The molecule has 1 heterocycles. The van der Waals surface area contributed by atoms with Crippen LogP contribution in [0.4, 0.5) is 13.2 Å². The summed E-state index contributed by atoms with van der Waals surface area (Å²) in [5, 5.41) is 2.54. The number of benzene rings is 2. The van der Waals surface area contributed by atoms with Crippen LogP contribution in [0, 0.1) is 0 Å². The number of hydrogen-bond acceptors (Lipinski definition) is 4. The number of piperazine rings is 1. The highest BCUT2D eigenvalue weighted by molar-refractivity contribution is 7.89. The summed E-state index contributed by atoms with van der Waals surface area (Å²) in [5.74, 6) is -0.707. The van der Waals surface area contributed by atoms with Gasteiger partial charge in [0.2, 0.25) is 15.9 Å². The van der Waals surface area contributed by atoms with E-state index in [0.717, 1.165) is 6.07 Å². The van der Waals surface area contributed by atoms with Gasteiger partial charge in [-0.3, -0.25) is 9.59 Å². The molecule has 7 nitrogen and oxygen atoms in total. The Morgan fingerprint density at radius 1 is 1.00 bits per heavy atom. The maximum atomic E-state index is 13.1. The smallest absolute Gasteiger partial charge is 0.352 e. The zero-order chi connectivity index (χ0) is 24.2. The largest absolute Gasteiger partial charge is 0.416 e. The molecule has 0 spiro atoms. The summed E-state index contributed by atoms with van der Waals surface area (Å²) in [7, 11) is -3.86. The van der Waals surface area contributed by atoms with Crippen molar-refractivity contribution < 1.29 is 31.2 Å². The van der Waals surface area contributed by atoms with Crippen LogP contribution < -0.4 is 5.32 Å². The van der Waals surface area contributed by atoms with Crippen molar-refractivity contribution in [3.63, 3.8) is 0 Å². The predicted molar refractivity (Wildman–Crippen MR) is 115 cm³/mol. The topological polar surface area (TPSA) is 86.8 Å². The van der Waals surface area contributed by atoms with Gasteiger partial charge < -0.3 is 10.2 Å². The van der Waals surface area contributed by atoms with E-state index in [9.17, 15) is 31.2 Å². The number of amides is 2. The van der Waals surface area contributed by atoms with Gasteiger partial charge in [0.25, 0.3) is 5.91 Å². The van der Waals surface area contributed by atoms with E-state index in [1.165, 1.54) is 53.7 Å². The lowest BCUT2D eigenvalue weighted by Gasteiger charge is -2.33. The number of nitrogens with zero attached hydrogens (tertiary/aromatic N) is 2. The molecule has 11 heteroatoms. The second-order valence-corrected chi connectivity index (χ2v) is 9.54. The lowest BCUT2D eigenvalue weighted by Crippen LogP contribution is -2.49. The fraction of sp³-hybridized carbons (Fsp3) is 0.364. The van der Waals surface area contributed by atoms with E-state index in [-0.39, 0.29) is 61.1 Å². The number of carbonyl (C=O) groups excluding carboxylic acids is 2. The van der Waals surface area contributed by atoms with E-state index in [1.807, 2.05) is 0 Å². The number of nitrogens with one attached hydrogen (secondary N) is 1. The quantitative estimate of drug-likeness (QED) is 0.684. The number of sulfonamides is 1. The molecule has 2 aromatic rings. The molecule has 0 unspecified atom stereocenters. The Kier molecular flexibility index (Phi) is 7.43. The van der Waals surface area contributed by atoms with Crippen molar-refractivity contribution >= 4 is 21.8 Å². The molecule has 178 valence electrons. The van der Waals surface area contributed by atoms with Crippen molar-refractivity contribution in [3.8, 4) is 0 Å². The minimum atomic E-state index is -4.49. The molecule has 1 saturated heterocycles. The van der Waals surface area contributed by atoms with Crippen LogP contribution in [-0.2, 0) is 27.4 Å². The standard InChI is InChI=1S/C22H24F3N3O4S/c1-16(29)27-11-13-28(14-12-27)33(31,32)19-7-4-6-18(15-19)21(30)26-10-9-17-5-2-3-8-20(17)22(23,24)25/h2-8,15H,9-14H2,1H3,(H,26,30). The van der Waals surface area contributed by atoms with Crippen molar-refractivity contribution in [2.75, 3.05) is 32.7 Å². The van der Waals surface area contributed by atoms with E-state index in [2.05, 4.69) is 5.32 Å². The van der Waals surface area contributed by atoms with Crippen molar-refractivity contribution in [1.29, 1.82) is 0 Å². The van der Waals surface area contributed by atoms with Gasteiger partial charge in [-0.05, 0) is 36.2 Å². The van der Waals surface area contributed by atoms with Crippen molar-refractivity contribution in [3.05, 3.63) is 65.2 Å². The third-order valence-corrected chi connectivity index (χ3v) is 7.32. The third kappa shape index (κ3) is 5.91. The predicted octanol–water partition coefficient (Wildman–Crippen LogP) is 2.53. The van der Waals surface area contributed by atoms with Gasteiger partial charge >= 0.3 is 6.18 Å². The van der Waals surface area contributed by atoms with Gasteiger partial charge in [-0.1, -0.05) is 24.3 Å². The Bertz CT molecular complexity index is 1130. The first-order valence-electron chi connectivity index (χ1n) is 10.3. The van der Waals surface area contributed by atoms with Crippen molar-refractivity contribution in [2.45, 2.75) is 24.4 Å². The Hall–Kier alpha value is -2.92. The lowest BCUT2D eigenvalue weighted by atomic mass is 10.0. The summed E-state index contributed by atoms with van der Waals surface area (Å²) in [6.07, 6.45) is -4.51. The first kappa shape index (κ1) is 24.7. The molecule has 1 aliphatic rings. The normalized spacial score (nSPS) is 15.3. The molecular formula is C22H24F3N3O4S. The Labute approximate surface area is 190 Å². The number of alkyl halides is 3. The number of halogens is 3. The molecule has 1 N–H and O–H groups in total. The minimum absolute atomic E-state index is 0.0279. The number of rotatable bonds is 6. The summed E-state index contributed by atoms with van der Waals surface area (Å²) in [5.41, 5.74) is -0.605. The molecule has 2 amide bonds. The molecule has 1 aliphatic heterocycles. The molecular weight excluding hydrogens is 459 g/mol. The van der Waals surface area contributed by atoms with Gasteiger partial charge in [0.05, 0.1) is 10.5 Å². The van der Waals surface area contributed by atoms with Gasteiger partial charge in [0, 0.05) is 45.2 Å². The maximum absolute atomic E-state index is 13.1. The molecule has 0 bridgehead atoms. The zero-order valence-corrected chi connectivity index (χ0v) is 18.7. The highest BCUT2D eigenvalue weighted by Crippen LogP contribution is 2.31. The molecule has 2 aromatic carbocycles. The minimum Gasteiger partial charge on any atom is -0.352 e. The van der Waals surface area contributed by atoms with Crippen LogP contribution in [0.5, 0.6) is 0 Å². The fourth-order valence-corrected chi connectivity index (χ4v) is 5.09.